The molecule has 3 heteroatoms. The molecule has 0 fully saturated rings. The number of aliphatic carboxylic acids is 1. The van der Waals surface area contributed by atoms with Crippen molar-refractivity contribution in [3.05, 3.63) is 0 Å². The summed E-state index contributed by atoms with van der Waals surface area (Å²) >= 11 is 0. The standard InChI is InChI=1S/C14H29NO2/c1-11(2)6-4-5-7-12(3)8-13(10-15)9-14(16)17/h11-13H,4-10,15H2,1-3H3,(H,16,17)/t12-,13-/m1/s1. The third-order valence-corrected chi connectivity index (χ3v) is 3.26. The normalized spacial score (nSPS) is 14.9. The van der Waals surface area contributed by atoms with E-state index < -0.39 is 5.97 Å². The van der Waals surface area contributed by atoms with Crippen LogP contribution in [0.15, 0.2) is 0 Å². The third-order valence-electron chi connectivity index (χ3n) is 3.26. The average molecular weight is 243 g/mol. The van der Waals surface area contributed by atoms with Crippen molar-refractivity contribution in [3.8, 4) is 0 Å². The van der Waals surface area contributed by atoms with Gasteiger partial charge in [0.1, 0.15) is 0 Å². The van der Waals surface area contributed by atoms with Crippen LogP contribution in [0.1, 0.15) is 59.3 Å². The minimum atomic E-state index is -0.729. The first-order valence-electron chi connectivity index (χ1n) is 6.87. The van der Waals surface area contributed by atoms with Gasteiger partial charge in [-0.15, -0.1) is 0 Å². The van der Waals surface area contributed by atoms with E-state index in [1.165, 1.54) is 25.7 Å². The van der Waals surface area contributed by atoms with Crippen LogP contribution in [0.5, 0.6) is 0 Å². The summed E-state index contributed by atoms with van der Waals surface area (Å²) in [4.78, 5) is 10.6. The summed E-state index contributed by atoms with van der Waals surface area (Å²) in [5, 5.41) is 8.75. The molecule has 0 heterocycles. The minimum Gasteiger partial charge on any atom is -0.481 e. The van der Waals surface area contributed by atoms with Crippen LogP contribution in [0, 0.1) is 17.8 Å². The van der Waals surface area contributed by atoms with Crippen molar-refractivity contribution < 1.29 is 9.90 Å². The first-order valence-corrected chi connectivity index (χ1v) is 6.87. The molecule has 2 atom stereocenters. The van der Waals surface area contributed by atoms with Crippen LogP contribution in [-0.2, 0) is 4.79 Å². The highest BCUT2D eigenvalue weighted by atomic mass is 16.4. The molecule has 0 rings (SSSR count). The lowest BCUT2D eigenvalue weighted by Gasteiger charge is -2.18. The zero-order chi connectivity index (χ0) is 13.3. The van der Waals surface area contributed by atoms with E-state index in [-0.39, 0.29) is 12.3 Å². The maximum absolute atomic E-state index is 10.6. The van der Waals surface area contributed by atoms with E-state index in [9.17, 15) is 4.79 Å². The van der Waals surface area contributed by atoms with Crippen LogP contribution < -0.4 is 5.73 Å². The minimum absolute atomic E-state index is 0.146. The van der Waals surface area contributed by atoms with E-state index in [1.54, 1.807) is 0 Å². The Balaban J connectivity index is 3.67. The molecule has 0 saturated heterocycles. The van der Waals surface area contributed by atoms with Gasteiger partial charge in [0.25, 0.3) is 0 Å². The lowest BCUT2D eigenvalue weighted by Crippen LogP contribution is -2.20. The molecule has 0 aromatic heterocycles. The zero-order valence-electron chi connectivity index (χ0n) is 11.6. The van der Waals surface area contributed by atoms with Crippen molar-refractivity contribution in [2.75, 3.05) is 6.54 Å². The number of carboxylic acids is 1. The van der Waals surface area contributed by atoms with E-state index in [4.69, 9.17) is 10.8 Å². The van der Waals surface area contributed by atoms with E-state index in [0.29, 0.717) is 12.5 Å². The Bertz CT molecular complexity index is 204. The molecule has 0 unspecified atom stereocenters. The number of hydrogen-bond acceptors (Lipinski definition) is 2. The Labute approximate surface area is 106 Å². The van der Waals surface area contributed by atoms with Gasteiger partial charge in [-0.05, 0) is 30.7 Å². The number of rotatable bonds is 10. The van der Waals surface area contributed by atoms with Gasteiger partial charge in [-0.25, -0.2) is 0 Å². The second kappa shape index (κ2) is 9.46. The molecule has 0 amide bonds. The van der Waals surface area contributed by atoms with Crippen molar-refractivity contribution in [2.45, 2.75) is 59.3 Å². The summed E-state index contributed by atoms with van der Waals surface area (Å²) in [6.45, 7) is 7.20. The van der Waals surface area contributed by atoms with Gasteiger partial charge in [0.05, 0.1) is 0 Å². The SMILES string of the molecule is CC(C)CCCC[C@@H](C)C[C@@H](CN)CC(=O)O. The third kappa shape index (κ3) is 10.3. The molecular weight excluding hydrogens is 214 g/mol. The molecule has 3 N–H and O–H groups in total. The highest BCUT2D eigenvalue weighted by molar-refractivity contribution is 5.67. The Kier molecular flexibility index (Phi) is 9.14. The highest BCUT2D eigenvalue weighted by Crippen LogP contribution is 2.20. The van der Waals surface area contributed by atoms with E-state index >= 15 is 0 Å². The average Bonchev–Trinajstić information content (AvgIpc) is 2.22. The van der Waals surface area contributed by atoms with Crippen molar-refractivity contribution in [1.29, 1.82) is 0 Å². The predicted molar refractivity (Wildman–Crippen MR) is 71.9 cm³/mol. The van der Waals surface area contributed by atoms with Crippen molar-refractivity contribution in [3.63, 3.8) is 0 Å². The molecule has 0 saturated carbocycles. The van der Waals surface area contributed by atoms with Crippen LogP contribution in [0.3, 0.4) is 0 Å². The van der Waals surface area contributed by atoms with Gasteiger partial charge >= 0.3 is 5.97 Å². The van der Waals surface area contributed by atoms with Gasteiger partial charge in [0.2, 0.25) is 0 Å². The lowest BCUT2D eigenvalue weighted by atomic mass is 9.89. The van der Waals surface area contributed by atoms with E-state index in [1.807, 2.05) is 0 Å². The second-order valence-electron chi connectivity index (χ2n) is 5.72. The molecule has 17 heavy (non-hydrogen) atoms. The highest BCUT2D eigenvalue weighted by Gasteiger charge is 2.15. The van der Waals surface area contributed by atoms with Crippen molar-refractivity contribution in [2.24, 2.45) is 23.5 Å². The number of nitrogens with two attached hydrogens (primary N) is 1. The quantitative estimate of drug-likeness (QED) is 0.579. The van der Waals surface area contributed by atoms with Crippen LogP contribution in [0.2, 0.25) is 0 Å². The first-order chi connectivity index (χ1) is 7.95. The smallest absolute Gasteiger partial charge is 0.303 e. The number of carboxylic acid groups (broad SMARTS) is 1. The summed E-state index contributed by atoms with van der Waals surface area (Å²) in [6.07, 6.45) is 6.19. The fourth-order valence-corrected chi connectivity index (χ4v) is 2.24. The predicted octanol–water partition coefficient (Wildman–Crippen LogP) is 3.28. The molecule has 0 spiro atoms. The topological polar surface area (TPSA) is 63.3 Å². The van der Waals surface area contributed by atoms with Gasteiger partial charge in [-0.3, -0.25) is 4.79 Å². The van der Waals surface area contributed by atoms with Gasteiger partial charge in [-0.2, -0.15) is 0 Å². The zero-order valence-corrected chi connectivity index (χ0v) is 11.6. The van der Waals surface area contributed by atoms with E-state index in [2.05, 4.69) is 20.8 Å². The Hall–Kier alpha value is -0.570. The summed E-state index contributed by atoms with van der Waals surface area (Å²) in [5.41, 5.74) is 5.60. The fourth-order valence-electron chi connectivity index (χ4n) is 2.24. The molecular formula is C14H29NO2. The maximum Gasteiger partial charge on any atom is 0.303 e. The van der Waals surface area contributed by atoms with E-state index in [0.717, 1.165) is 12.3 Å². The van der Waals surface area contributed by atoms with Crippen LogP contribution in [-0.4, -0.2) is 17.6 Å². The number of unbranched alkanes of at least 4 members (excludes halogenated alkanes) is 1. The molecule has 3 nitrogen and oxygen atoms in total. The van der Waals surface area contributed by atoms with Gasteiger partial charge in [-0.1, -0.05) is 46.5 Å². The first kappa shape index (κ1) is 16.4. The second-order valence-corrected chi connectivity index (χ2v) is 5.72. The molecule has 0 aromatic carbocycles. The van der Waals surface area contributed by atoms with Crippen LogP contribution in [0.25, 0.3) is 0 Å². The summed E-state index contributed by atoms with van der Waals surface area (Å²) in [7, 11) is 0. The number of hydrogen-bond donors (Lipinski definition) is 2. The van der Waals surface area contributed by atoms with Crippen molar-refractivity contribution >= 4 is 5.97 Å². The molecule has 0 aliphatic heterocycles. The van der Waals surface area contributed by atoms with Crippen molar-refractivity contribution in [1.82, 2.24) is 0 Å². The molecule has 0 aromatic rings. The molecule has 0 radical (unpaired) electrons. The monoisotopic (exact) mass is 243 g/mol. The Morgan fingerprint density at radius 2 is 1.76 bits per heavy atom. The summed E-state index contributed by atoms with van der Waals surface area (Å²) in [5.74, 6) is 0.796. The van der Waals surface area contributed by atoms with Gasteiger partial charge in [0.15, 0.2) is 0 Å². The van der Waals surface area contributed by atoms with Gasteiger partial charge < -0.3 is 10.8 Å². The van der Waals surface area contributed by atoms with Crippen LogP contribution >= 0.6 is 0 Å². The largest absolute Gasteiger partial charge is 0.481 e. The lowest BCUT2D eigenvalue weighted by molar-refractivity contribution is -0.138. The number of carbonyl (C=O) groups is 1. The molecule has 0 bridgehead atoms. The Morgan fingerprint density at radius 1 is 1.18 bits per heavy atom. The van der Waals surface area contributed by atoms with Crippen LogP contribution in [0.4, 0.5) is 0 Å². The van der Waals surface area contributed by atoms with Gasteiger partial charge in [0, 0.05) is 6.42 Å². The summed E-state index contributed by atoms with van der Waals surface area (Å²) in [6, 6.07) is 0. The molecule has 0 aliphatic carbocycles. The Morgan fingerprint density at radius 3 is 2.24 bits per heavy atom. The molecule has 0 aliphatic rings. The fraction of sp³-hybridized carbons (Fsp3) is 0.929. The molecule has 102 valence electrons. The maximum atomic E-state index is 10.6. The summed E-state index contributed by atoms with van der Waals surface area (Å²) < 4.78 is 0.